The molecule has 5 heteroatoms. The molecule has 0 saturated heterocycles. The lowest BCUT2D eigenvalue weighted by atomic mass is 9.89. The Morgan fingerprint density at radius 3 is 2.38 bits per heavy atom. The van der Waals surface area contributed by atoms with Crippen molar-refractivity contribution in [2.75, 3.05) is 0 Å². The molecule has 0 unspecified atom stereocenters. The van der Waals surface area contributed by atoms with E-state index in [1.54, 1.807) is 0 Å². The number of carbonyl (C=O) groups is 1. The molecular formula is C8H11ClN2O2. The summed E-state index contributed by atoms with van der Waals surface area (Å²) in [6.45, 7) is 5.68. The fourth-order valence-corrected chi connectivity index (χ4v) is 1.28. The van der Waals surface area contributed by atoms with Crippen molar-refractivity contribution in [1.82, 2.24) is 10.2 Å². The molecular weight excluding hydrogens is 192 g/mol. The molecule has 4 nitrogen and oxygen atoms in total. The van der Waals surface area contributed by atoms with Crippen LogP contribution in [-0.4, -0.2) is 21.3 Å². The quantitative estimate of drug-likeness (QED) is 0.733. The molecule has 2 N–H and O–H groups in total. The van der Waals surface area contributed by atoms with Crippen LogP contribution in [0.5, 0.6) is 0 Å². The molecule has 0 amide bonds. The van der Waals surface area contributed by atoms with Gasteiger partial charge in [-0.3, -0.25) is 5.10 Å². The van der Waals surface area contributed by atoms with Gasteiger partial charge < -0.3 is 5.11 Å². The second-order valence-electron chi connectivity index (χ2n) is 3.82. The maximum atomic E-state index is 10.8. The smallest absolute Gasteiger partial charge is 0.340 e. The van der Waals surface area contributed by atoms with E-state index in [1.807, 2.05) is 20.8 Å². The van der Waals surface area contributed by atoms with Gasteiger partial charge in [-0.1, -0.05) is 32.4 Å². The summed E-state index contributed by atoms with van der Waals surface area (Å²) in [7, 11) is 0. The van der Waals surface area contributed by atoms with Gasteiger partial charge in [-0.2, -0.15) is 5.10 Å². The van der Waals surface area contributed by atoms with Crippen LogP contribution in [0.1, 0.15) is 36.8 Å². The van der Waals surface area contributed by atoms with E-state index in [-0.39, 0.29) is 16.1 Å². The molecule has 0 saturated carbocycles. The molecule has 0 radical (unpaired) electrons. The van der Waals surface area contributed by atoms with Gasteiger partial charge in [0.1, 0.15) is 5.56 Å². The van der Waals surface area contributed by atoms with Crippen molar-refractivity contribution in [1.29, 1.82) is 0 Å². The molecule has 1 aromatic rings. The summed E-state index contributed by atoms with van der Waals surface area (Å²) in [5, 5.41) is 15.2. The summed E-state index contributed by atoms with van der Waals surface area (Å²) in [5.41, 5.74) is 0.313. The molecule has 0 spiro atoms. The van der Waals surface area contributed by atoms with Gasteiger partial charge in [-0.25, -0.2) is 4.79 Å². The maximum absolute atomic E-state index is 10.8. The van der Waals surface area contributed by atoms with E-state index >= 15 is 0 Å². The molecule has 1 rings (SSSR count). The molecule has 0 aromatic carbocycles. The maximum Gasteiger partial charge on any atom is 0.340 e. The lowest BCUT2D eigenvalue weighted by molar-refractivity contribution is 0.0694. The van der Waals surface area contributed by atoms with Gasteiger partial charge in [0.05, 0.1) is 5.69 Å². The average Bonchev–Trinajstić information content (AvgIpc) is 2.28. The molecule has 0 atom stereocenters. The van der Waals surface area contributed by atoms with Crippen LogP contribution in [0.2, 0.25) is 5.15 Å². The highest BCUT2D eigenvalue weighted by Gasteiger charge is 2.26. The van der Waals surface area contributed by atoms with Crippen LogP contribution < -0.4 is 0 Å². The zero-order valence-electron chi connectivity index (χ0n) is 7.68. The SMILES string of the molecule is CC(C)(C)c1[nH]nc(Cl)c1C(=O)O. The number of halogens is 1. The lowest BCUT2D eigenvalue weighted by Gasteiger charge is -2.16. The second-order valence-corrected chi connectivity index (χ2v) is 4.18. The van der Waals surface area contributed by atoms with Gasteiger partial charge in [-0.05, 0) is 0 Å². The number of aromatic carboxylic acids is 1. The highest BCUT2D eigenvalue weighted by atomic mass is 35.5. The summed E-state index contributed by atoms with van der Waals surface area (Å²) in [4.78, 5) is 10.8. The van der Waals surface area contributed by atoms with Crippen LogP contribution in [0.25, 0.3) is 0 Å². The Balaban J connectivity index is 3.31. The number of nitrogens with one attached hydrogen (secondary N) is 1. The van der Waals surface area contributed by atoms with Crippen LogP contribution in [-0.2, 0) is 5.41 Å². The van der Waals surface area contributed by atoms with E-state index in [9.17, 15) is 4.79 Å². The molecule has 1 aromatic heterocycles. The third kappa shape index (κ3) is 1.83. The lowest BCUT2D eigenvalue weighted by Crippen LogP contribution is -2.16. The van der Waals surface area contributed by atoms with Crippen molar-refractivity contribution >= 4 is 17.6 Å². The van der Waals surface area contributed by atoms with Crippen LogP contribution in [0, 0.1) is 0 Å². The number of H-pyrrole nitrogens is 1. The molecule has 0 aliphatic rings. The Labute approximate surface area is 80.9 Å². The Hall–Kier alpha value is -1.03. The van der Waals surface area contributed by atoms with Crippen LogP contribution in [0.3, 0.4) is 0 Å². The van der Waals surface area contributed by atoms with Crippen molar-refractivity contribution in [3.63, 3.8) is 0 Å². The number of carboxylic acids is 1. The van der Waals surface area contributed by atoms with Crippen molar-refractivity contribution in [3.8, 4) is 0 Å². The number of aromatic nitrogens is 2. The average molecular weight is 203 g/mol. The van der Waals surface area contributed by atoms with E-state index in [0.29, 0.717) is 5.69 Å². The second kappa shape index (κ2) is 3.03. The van der Waals surface area contributed by atoms with E-state index in [0.717, 1.165) is 0 Å². The summed E-state index contributed by atoms with van der Waals surface area (Å²) >= 11 is 5.62. The fraction of sp³-hybridized carbons (Fsp3) is 0.500. The Bertz CT molecular complexity index is 338. The van der Waals surface area contributed by atoms with E-state index in [4.69, 9.17) is 16.7 Å². The Kier molecular flexibility index (Phi) is 2.34. The van der Waals surface area contributed by atoms with Gasteiger partial charge >= 0.3 is 5.97 Å². The highest BCUT2D eigenvalue weighted by Crippen LogP contribution is 2.27. The highest BCUT2D eigenvalue weighted by molar-refractivity contribution is 6.32. The van der Waals surface area contributed by atoms with E-state index < -0.39 is 5.97 Å². The first-order valence-corrected chi connectivity index (χ1v) is 4.19. The molecule has 1 heterocycles. The topological polar surface area (TPSA) is 66.0 Å². The van der Waals surface area contributed by atoms with Crippen LogP contribution in [0.15, 0.2) is 0 Å². The zero-order valence-corrected chi connectivity index (χ0v) is 8.44. The molecule has 13 heavy (non-hydrogen) atoms. The van der Waals surface area contributed by atoms with Crippen molar-refractivity contribution < 1.29 is 9.90 Å². The summed E-state index contributed by atoms with van der Waals surface area (Å²) < 4.78 is 0. The molecule has 72 valence electrons. The van der Waals surface area contributed by atoms with Gasteiger partial charge in [0.25, 0.3) is 0 Å². The van der Waals surface area contributed by atoms with Gasteiger partial charge in [0.2, 0.25) is 0 Å². The minimum absolute atomic E-state index is 0.0115. The van der Waals surface area contributed by atoms with Crippen LogP contribution >= 0.6 is 11.6 Å². The summed E-state index contributed by atoms with van der Waals surface area (Å²) in [6.07, 6.45) is 0. The number of aromatic amines is 1. The monoisotopic (exact) mass is 202 g/mol. The summed E-state index contributed by atoms with van der Waals surface area (Å²) in [6, 6.07) is 0. The van der Waals surface area contributed by atoms with Crippen LogP contribution in [0.4, 0.5) is 0 Å². The normalized spacial score (nSPS) is 11.7. The minimum atomic E-state index is -1.05. The molecule has 0 aliphatic heterocycles. The predicted octanol–water partition coefficient (Wildman–Crippen LogP) is 2.06. The van der Waals surface area contributed by atoms with Crippen molar-refractivity contribution in [3.05, 3.63) is 16.4 Å². The summed E-state index contributed by atoms with van der Waals surface area (Å²) in [5.74, 6) is -1.05. The fourth-order valence-electron chi connectivity index (χ4n) is 1.06. The number of hydrogen-bond acceptors (Lipinski definition) is 2. The number of nitrogens with zero attached hydrogens (tertiary/aromatic N) is 1. The zero-order chi connectivity index (χ0) is 10.2. The first kappa shape index (κ1) is 10.1. The largest absolute Gasteiger partial charge is 0.478 e. The van der Waals surface area contributed by atoms with Gasteiger partial charge in [0.15, 0.2) is 5.15 Å². The van der Waals surface area contributed by atoms with Gasteiger partial charge in [0, 0.05) is 5.41 Å². The molecule has 0 bridgehead atoms. The third-order valence-corrected chi connectivity index (χ3v) is 1.96. The first-order chi connectivity index (χ1) is 5.84. The number of rotatable bonds is 1. The Morgan fingerprint density at radius 1 is 1.54 bits per heavy atom. The molecule has 0 fully saturated rings. The Morgan fingerprint density at radius 2 is 2.08 bits per heavy atom. The van der Waals surface area contributed by atoms with Gasteiger partial charge in [-0.15, -0.1) is 0 Å². The van der Waals surface area contributed by atoms with Crippen molar-refractivity contribution in [2.45, 2.75) is 26.2 Å². The number of hydrogen-bond donors (Lipinski definition) is 2. The standard InChI is InChI=1S/C8H11ClN2O2/c1-8(2,3)5-4(7(12)13)6(9)11-10-5/h1-3H3,(H,10,11)(H,12,13). The van der Waals surface area contributed by atoms with Crippen molar-refractivity contribution in [2.24, 2.45) is 0 Å². The number of carboxylic acid groups (broad SMARTS) is 1. The minimum Gasteiger partial charge on any atom is -0.478 e. The van der Waals surface area contributed by atoms with E-state index in [1.165, 1.54) is 0 Å². The predicted molar refractivity (Wildman–Crippen MR) is 49.3 cm³/mol. The van der Waals surface area contributed by atoms with E-state index in [2.05, 4.69) is 10.2 Å². The third-order valence-electron chi connectivity index (χ3n) is 1.69. The first-order valence-electron chi connectivity index (χ1n) is 3.81. The molecule has 0 aliphatic carbocycles.